The number of ether oxygens (including phenoxy) is 2. The molecule has 2 heterocycles. The van der Waals surface area contributed by atoms with E-state index in [2.05, 4.69) is 32.2 Å². The Labute approximate surface area is 209 Å². The van der Waals surface area contributed by atoms with Gasteiger partial charge in [0.2, 0.25) is 0 Å². The van der Waals surface area contributed by atoms with Crippen LogP contribution in [0.5, 0.6) is 5.75 Å². The summed E-state index contributed by atoms with van der Waals surface area (Å²) in [5.74, 6) is 2.52. The second-order valence-electron chi connectivity index (χ2n) is 8.51. The molecule has 0 saturated carbocycles. The van der Waals surface area contributed by atoms with Gasteiger partial charge in [0.1, 0.15) is 5.75 Å². The molecule has 0 spiro atoms. The minimum Gasteiger partial charge on any atom is -0.497 e. The van der Waals surface area contributed by atoms with E-state index in [1.165, 1.54) is 18.4 Å². The molecular formula is C24H39IN4O3. The van der Waals surface area contributed by atoms with Gasteiger partial charge in [0.05, 0.1) is 19.6 Å². The fourth-order valence-corrected chi connectivity index (χ4v) is 4.49. The maximum absolute atomic E-state index is 12.0. The van der Waals surface area contributed by atoms with Crippen LogP contribution >= 0.6 is 24.0 Å². The molecule has 0 unspecified atom stereocenters. The molecular weight excluding hydrogens is 519 g/mol. The van der Waals surface area contributed by atoms with Crippen molar-refractivity contribution >= 4 is 35.9 Å². The monoisotopic (exact) mass is 558 g/mol. The van der Waals surface area contributed by atoms with Crippen LogP contribution in [0.25, 0.3) is 0 Å². The molecule has 2 aliphatic heterocycles. The van der Waals surface area contributed by atoms with Gasteiger partial charge in [-0.15, -0.1) is 24.0 Å². The van der Waals surface area contributed by atoms with Gasteiger partial charge in [-0.1, -0.05) is 12.1 Å². The van der Waals surface area contributed by atoms with Gasteiger partial charge in [0.15, 0.2) is 5.96 Å². The Morgan fingerprint density at radius 2 is 1.75 bits per heavy atom. The molecule has 2 saturated heterocycles. The minimum atomic E-state index is -0.0495. The number of esters is 1. The first-order valence-electron chi connectivity index (χ1n) is 11.6. The van der Waals surface area contributed by atoms with Crippen LogP contribution in [0.15, 0.2) is 29.3 Å². The quantitative estimate of drug-likeness (QED) is 0.240. The van der Waals surface area contributed by atoms with Crippen molar-refractivity contribution in [2.75, 3.05) is 53.5 Å². The Balaban J connectivity index is 0.00000363. The number of piperidine rings is 2. The van der Waals surface area contributed by atoms with Crippen LogP contribution in [-0.2, 0) is 16.1 Å². The van der Waals surface area contributed by atoms with E-state index in [0.29, 0.717) is 12.5 Å². The number of rotatable bonds is 7. The minimum absolute atomic E-state index is 0. The summed E-state index contributed by atoms with van der Waals surface area (Å²) in [5, 5.41) is 3.58. The van der Waals surface area contributed by atoms with E-state index in [4.69, 9.17) is 9.47 Å². The second kappa shape index (κ2) is 13.9. The molecule has 7 nitrogen and oxygen atoms in total. The third kappa shape index (κ3) is 7.79. The van der Waals surface area contributed by atoms with E-state index in [1.54, 1.807) is 7.11 Å². The summed E-state index contributed by atoms with van der Waals surface area (Å²) in [7, 11) is 3.55. The summed E-state index contributed by atoms with van der Waals surface area (Å²) in [6.07, 6.45) is 4.07. The van der Waals surface area contributed by atoms with Crippen LogP contribution in [0.2, 0.25) is 0 Å². The zero-order valence-corrected chi connectivity index (χ0v) is 22.0. The van der Waals surface area contributed by atoms with Gasteiger partial charge in [-0.2, -0.15) is 0 Å². The molecule has 1 aromatic rings. The highest BCUT2D eigenvalue weighted by Gasteiger charge is 2.28. The Hall–Kier alpha value is -1.55. The summed E-state index contributed by atoms with van der Waals surface area (Å²) < 4.78 is 10.4. The van der Waals surface area contributed by atoms with E-state index in [-0.39, 0.29) is 35.9 Å². The third-order valence-corrected chi connectivity index (χ3v) is 6.45. The zero-order chi connectivity index (χ0) is 22.1. The van der Waals surface area contributed by atoms with Crippen LogP contribution < -0.4 is 10.1 Å². The summed E-state index contributed by atoms with van der Waals surface area (Å²) >= 11 is 0. The number of carbonyl (C=O) groups is 1. The highest BCUT2D eigenvalue weighted by Crippen LogP contribution is 2.21. The van der Waals surface area contributed by atoms with Gasteiger partial charge in [-0.05, 0) is 69.3 Å². The largest absolute Gasteiger partial charge is 0.497 e. The van der Waals surface area contributed by atoms with E-state index >= 15 is 0 Å². The summed E-state index contributed by atoms with van der Waals surface area (Å²) in [4.78, 5) is 21.2. The highest BCUT2D eigenvalue weighted by atomic mass is 127. The smallest absolute Gasteiger partial charge is 0.309 e. The standard InChI is InChI=1S/C24H38N4O3.HI/c1-4-31-23(29)21-11-15-28(16-12-21)24(25-2)26-17-19-9-13-27(14-10-19)18-20-5-7-22(30-3)8-6-20;/h5-8,19,21H,4,9-18H2,1-3H3,(H,25,26);1H. The van der Waals surface area contributed by atoms with Crippen molar-refractivity contribution < 1.29 is 14.3 Å². The number of benzene rings is 1. The van der Waals surface area contributed by atoms with E-state index in [9.17, 15) is 4.79 Å². The number of hydrogen-bond donors (Lipinski definition) is 1. The lowest BCUT2D eigenvalue weighted by molar-refractivity contribution is -0.149. The number of halogens is 1. The van der Waals surface area contributed by atoms with E-state index in [1.807, 2.05) is 26.1 Å². The number of methoxy groups -OCH3 is 1. The maximum atomic E-state index is 12.0. The van der Waals surface area contributed by atoms with Crippen molar-refractivity contribution in [3.05, 3.63) is 29.8 Å². The SMILES string of the molecule is CCOC(=O)C1CCN(C(=NC)NCC2CCN(Cc3ccc(OC)cc3)CC2)CC1.I. The molecule has 180 valence electrons. The molecule has 0 aliphatic carbocycles. The van der Waals surface area contributed by atoms with Gasteiger partial charge in [-0.3, -0.25) is 14.7 Å². The lowest BCUT2D eigenvalue weighted by atomic mass is 9.96. The molecule has 0 amide bonds. The molecule has 2 fully saturated rings. The van der Waals surface area contributed by atoms with Crippen LogP contribution in [0.3, 0.4) is 0 Å². The molecule has 0 atom stereocenters. The van der Waals surface area contributed by atoms with Gasteiger partial charge in [-0.25, -0.2) is 0 Å². The molecule has 0 radical (unpaired) electrons. The van der Waals surface area contributed by atoms with Gasteiger partial charge < -0.3 is 19.7 Å². The molecule has 2 aliphatic rings. The zero-order valence-electron chi connectivity index (χ0n) is 19.7. The Morgan fingerprint density at radius 3 is 2.31 bits per heavy atom. The maximum Gasteiger partial charge on any atom is 0.309 e. The molecule has 0 aromatic heterocycles. The topological polar surface area (TPSA) is 66.4 Å². The average Bonchev–Trinajstić information content (AvgIpc) is 2.81. The number of hydrogen-bond acceptors (Lipinski definition) is 5. The van der Waals surface area contributed by atoms with Crippen molar-refractivity contribution in [2.24, 2.45) is 16.8 Å². The predicted molar refractivity (Wildman–Crippen MR) is 139 cm³/mol. The Bertz CT molecular complexity index is 712. The van der Waals surface area contributed by atoms with Crippen molar-refractivity contribution in [1.82, 2.24) is 15.1 Å². The number of nitrogens with zero attached hydrogens (tertiary/aromatic N) is 3. The molecule has 1 N–H and O–H groups in total. The first-order chi connectivity index (χ1) is 15.1. The summed E-state index contributed by atoms with van der Waals surface area (Å²) in [6, 6.07) is 8.38. The number of guanidine groups is 1. The number of carbonyl (C=O) groups excluding carboxylic acids is 1. The van der Waals surface area contributed by atoms with Crippen LogP contribution in [0.4, 0.5) is 0 Å². The molecule has 1 aromatic carbocycles. The molecule has 8 heteroatoms. The van der Waals surface area contributed by atoms with Crippen molar-refractivity contribution in [3.8, 4) is 5.75 Å². The fraction of sp³-hybridized carbons (Fsp3) is 0.667. The van der Waals surface area contributed by atoms with Gasteiger partial charge >= 0.3 is 5.97 Å². The Morgan fingerprint density at radius 1 is 1.09 bits per heavy atom. The lowest BCUT2D eigenvalue weighted by Gasteiger charge is -2.35. The normalized spacial score (nSPS) is 18.7. The Kier molecular flexibility index (Phi) is 11.6. The van der Waals surface area contributed by atoms with E-state index < -0.39 is 0 Å². The molecule has 3 rings (SSSR count). The summed E-state index contributed by atoms with van der Waals surface area (Å²) in [5.41, 5.74) is 1.34. The van der Waals surface area contributed by atoms with Crippen LogP contribution in [-0.4, -0.2) is 75.2 Å². The van der Waals surface area contributed by atoms with E-state index in [0.717, 1.165) is 63.8 Å². The lowest BCUT2D eigenvalue weighted by Crippen LogP contribution is -2.48. The third-order valence-electron chi connectivity index (χ3n) is 6.45. The van der Waals surface area contributed by atoms with Crippen molar-refractivity contribution in [3.63, 3.8) is 0 Å². The average molecular weight is 559 g/mol. The van der Waals surface area contributed by atoms with Crippen LogP contribution in [0, 0.1) is 11.8 Å². The summed E-state index contributed by atoms with van der Waals surface area (Å²) in [6.45, 7) is 8.24. The van der Waals surface area contributed by atoms with Gasteiger partial charge in [0.25, 0.3) is 0 Å². The number of aliphatic imine (C=N–C) groups is 1. The van der Waals surface area contributed by atoms with Crippen LogP contribution in [0.1, 0.15) is 38.2 Å². The number of likely N-dealkylation sites (tertiary alicyclic amines) is 2. The van der Waals surface area contributed by atoms with Gasteiger partial charge in [0, 0.05) is 33.2 Å². The molecule has 32 heavy (non-hydrogen) atoms. The first kappa shape index (κ1) is 26.7. The predicted octanol–water partition coefficient (Wildman–Crippen LogP) is 3.38. The van der Waals surface area contributed by atoms with Crippen molar-refractivity contribution in [2.45, 2.75) is 39.2 Å². The second-order valence-corrected chi connectivity index (χ2v) is 8.51. The fourth-order valence-electron chi connectivity index (χ4n) is 4.49. The van der Waals surface area contributed by atoms with Crippen molar-refractivity contribution in [1.29, 1.82) is 0 Å². The first-order valence-corrected chi connectivity index (χ1v) is 11.6. The highest BCUT2D eigenvalue weighted by molar-refractivity contribution is 14.0. The number of nitrogens with one attached hydrogen (secondary N) is 1. The molecule has 0 bridgehead atoms.